The van der Waals surface area contributed by atoms with Crippen molar-refractivity contribution in [3.63, 3.8) is 0 Å². The number of piperazine rings is 1. The zero-order chi connectivity index (χ0) is 23.0. The number of nitrogens with zero attached hydrogens (tertiary/aromatic N) is 3. The van der Waals surface area contributed by atoms with Crippen LogP contribution in [-0.4, -0.2) is 69.7 Å². The first-order valence-corrected chi connectivity index (χ1v) is 12.0. The van der Waals surface area contributed by atoms with Crippen molar-refractivity contribution in [2.45, 2.75) is 58.4 Å². The topological polar surface area (TPSA) is 83.0 Å². The molecule has 0 radical (unpaired) electrons. The molecule has 1 unspecified atom stereocenters. The van der Waals surface area contributed by atoms with Gasteiger partial charge in [-0.25, -0.2) is 9.78 Å². The van der Waals surface area contributed by atoms with Crippen molar-refractivity contribution in [2.75, 3.05) is 19.6 Å². The molecule has 2 fully saturated rings. The van der Waals surface area contributed by atoms with E-state index in [-0.39, 0.29) is 35.5 Å². The number of hydrogen-bond donors (Lipinski definition) is 1. The van der Waals surface area contributed by atoms with Crippen LogP contribution in [0, 0.1) is 5.41 Å². The van der Waals surface area contributed by atoms with E-state index in [1.165, 1.54) is 16.2 Å². The fraction of sp³-hybridized carbons (Fsp3) is 0.542. The second-order valence-corrected chi connectivity index (χ2v) is 10.7. The van der Waals surface area contributed by atoms with Crippen LogP contribution in [0.3, 0.4) is 0 Å². The number of fused-ring (bicyclic) bond motifs is 1. The highest BCUT2D eigenvalue weighted by Gasteiger charge is 2.44. The van der Waals surface area contributed by atoms with Gasteiger partial charge in [-0.3, -0.25) is 14.6 Å². The molecule has 0 spiro atoms. The van der Waals surface area contributed by atoms with Gasteiger partial charge in [0.05, 0.1) is 18.2 Å². The van der Waals surface area contributed by atoms with Crippen molar-refractivity contribution in [2.24, 2.45) is 5.41 Å². The summed E-state index contributed by atoms with van der Waals surface area (Å²) < 4.78 is 6.32. The summed E-state index contributed by atoms with van der Waals surface area (Å²) in [6.07, 6.45) is 0.0843. The van der Waals surface area contributed by atoms with Gasteiger partial charge in [-0.05, 0) is 18.8 Å². The number of carbonyl (C=O) groups is 2. The fourth-order valence-electron chi connectivity index (χ4n) is 4.32. The lowest BCUT2D eigenvalue weighted by Gasteiger charge is -2.41. The number of ether oxygens (including phenoxy) is 1. The van der Waals surface area contributed by atoms with Gasteiger partial charge in [0.25, 0.3) is 0 Å². The van der Waals surface area contributed by atoms with Crippen LogP contribution in [-0.2, 0) is 4.74 Å². The number of amides is 1. The standard InChI is InChI=1S/C24H31N3O4S/c1-15(24(2,3)4)31-18-10-17-11-27(23(29)30)20(13-26(17)12-18)22-25-19(14-32-22)21(28)16-8-6-5-7-9-16/h5-9,14-15,17-18,20H,10-13H2,1-4H3,(H,29,30)/t15?,17-,18-,20+/m1/s1. The zero-order valence-corrected chi connectivity index (χ0v) is 19.8. The lowest BCUT2D eigenvalue weighted by Crippen LogP contribution is -2.53. The Morgan fingerprint density at radius 3 is 2.56 bits per heavy atom. The van der Waals surface area contributed by atoms with E-state index in [2.05, 4.69) is 37.6 Å². The van der Waals surface area contributed by atoms with Crippen LogP contribution < -0.4 is 0 Å². The fourth-order valence-corrected chi connectivity index (χ4v) is 5.22. The minimum absolute atomic E-state index is 0.0569. The number of aromatic nitrogens is 1. The Kier molecular flexibility index (Phi) is 6.38. The smallest absolute Gasteiger partial charge is 0.407 e. The van der Waals surface area contributed by atoms with Crippen LogP contribution in [0.15, 0.2) is 35.7 Å². The quantitative estimate of drug-likeness (QED) is 0.674. The molecule has 4 atom stereocenters. The molecule has 2 aromatic rings. The van der Waals surface area contributed by atoms with E-state index in [0.717, 1.165) is 13.0 Å². The Labute approximate surface area is 193 Å². The highest BCUT2D eigenvalue weighted by atomic mass is 32.1. The summed E-state index contributed by atoms with van der Waals surface area (Å²) in [5, 5.41) is 12.3. The van der Waals surface area contributed by atoms with Crippen molar-refractivity contribution in [3.8, 4) is 0 Å². The predicted molar refractivity (Wildman–Crippen MR) is 123 cm³/mol. The lowest BCUT2D eigenvalue weighted by molar-refractivity contribution is -0.0506. The Hall–Kier alpha value is -2.29. The highest BCUT2D eigenvalue weighted by Crippen LogP contribution is 2.36. The number of carbonyl (C=O) groups excluding carboxylic acids is 1. The zero-order valence-electron chi connectivity index (χ0n) is 19.0. The molecule has 2 aliphatic rings. The molecule has 3 heterocycles. The molecule has 172 valence electrons. The van der Waals surface area contributed by atoms with Gasteiger partial charge >= 0.3 is 6.09 Å². The molecule has 0 aliphatic carbocycles. The number of ketones is 1. The van der Waals surface area contributed by atoms with Crippen molar-refractivity contribution in [1.29, 1.82) is 0 Å². The highest BCUT2D eigenvalue weighted by molar-refractivity contribution is 7.10. The normalized spacial score (nSPS) is 24.9. The van der Waals surface area contributed by atoms with E-state index in [4.69, 9.17) is 4.74 Å². The minimum Gasteiger partial charge on any atom is -0.465 e. The molecule has 1 amide bonds. The Balaban J connectivity index is 1.49. The number of rotatable bonds is 5. The summed E-state index contributed by atoms with van der Waals surface area (Å²) in [6, 6.07) is 8.79. The van der Waals surface area contributed by atoms with Gasteiger partial charge in [-0.2, -0.15) is 0 Å². The second kappa shape index (κ2) is 8.92. The molecule has 1 aromatic heterocycles. The minimum atomic E-state index is -0.951. The van der Waals surface area contributed by atoms with E-state index in [1.54, 1.807) is 17.5 Å². The van der Waals surface area contributed by atoms with Gasteiger partial charge in [0.15, 0.2) is 0 Å². The monoisotopic (exact) mass is 457 g/mol. The summed E-state index contributed by atoms with van der Waals surface area (Å²) in [5.41, 5.74) is 1.00. The number of benzene rings is 1. The maximum atomic E-state index is 12.8. The molecule has 2 saturated heterocycles. The average molecular weight is 458 g/mol. The van der Waals surface area contributed by atoms with E-state index in [9.17, 15) is 14.7 Å². The van der Waals surface area contributed by atoms with E-state index in [1.807, 2.05) is 18.2 Å². The summed E-state index contributed by atoms with van der Waals surface area (Å²) in [6.45, 7) is 10.4. The van der Waals surface area contributed by atoms with Gasteiger partial charge in [0, 0.05) is 36.6 Å². The predicted octanol–water partition coefficient (Wildman–Crippen LogP) is 4.30. The molecule has 0 bridgehead atoms. The molecule has 32 heavy (non-hydrogen) atoms. The van der Waals surface area contributed by atoms with Gasteiger partial charge in [-0.1, -0.05) is 51.1 Å². The van der Waals surface area contributed by atoms with Crippen molar-refractivity contribution >= 4 is 23.2 Å². The molecule has 4 rings (SSSR count). The van der Waals surface area contributed by atoms with Gasteiger partial charge < -0.3 is 9.84 Å². The van der Waals surface area contributed by atoms with Crippen molar-refractivity contribution in [3.05, 3.63) is 52.0 Å². The third-order valence-electron chi connectivity index (χ3n) is 6.62. The van der Waals surface area contributed by atoms with Gasteiger partial charge in [0.1, 0.15) is 10.7 Å². The molecule has 7 nitrogen and oxygen atoms in total. The SMILES string of the molecule is CC(O[C@@H]1C[C@@H]2CN(C(=O)O)[C@H](c3nc(C(=O)c4ccccc4)cs3)CN2C1)C(C)(C)C. The summed E-state index contributed by atoms with van der Waals surface area (Å²) in [4.78, 5) is 33.2. The Morgan fingerprint density at radius 2 is 1.91 bits per heavy atom. The second-order valence-electron chi connectivity index (χ2n) is 9.83. The average Bonchev–Trinajstić information content (AvgIpc) is 3.38. The van der Waals surface area contributed by atoms with Crippen LogP contribution >= 0.6 is 11.3 Å². The Bertz CT molecular complexity index is 971. The van der Waals surface area contributed by atoms with Crippen LogP contribution in [0.4, 0.5) is 4.79 Å². The summed E-state index contributed by atoms with van der Waals surface area (Å²) in [7, 11) is 0. The van der Waals surface area contributed by atoms with Gasteiger partial charge in [-0.15, -0.1) is 11.3 Å². The molecular weight excluding hydrogens is 426 g/mol. The lowest BCUT2D eigenvalue weighted by atomic mass is 9.90. The largest absolute Gasteiger partial charge is 0.465 e. The molecule has 2 aliphatic heterocycles. The first kappa shape index (κ1) is 22.9. The van der Waals surface area contributed by atoms with Crippen LogP contribution in [0.2, 0.25) is 0 Å². The third kappa shape index (κ3) is 4.72. The van der Waals surface area contributed by atoms with Crippen LogP contribution in [0.1, 0.15) is 61.2 Å². The molecule has 1 N–H and O–H groups in total. The van der Waals surface area contributed by atoms with E-state index >= 15 is 0 Å². The third-order valence-corrected chi connectivity index (χ3v) is 7.56. The molecule has 1 aromatic carbocycles. The summed E-state index contributed by atoms with van der Waals surface area (Å²) in [5.74, 6) is -0.144. The number of thiazole rings is 1. The first-order chi connectivity index (χ1) is 15.1. The maximum absolute atomic E-state index is 12.8. The molecule has 0 saturated carbocycles. The van der Waals surface area contributed by atoms with E-state index < -0.39 is 6.09 Å². The van der Waals surface area contributed by atoms with Crippen molar-refractivity contribution < 1.29 is 19.4 Å². The Morgan fingerprint density at radius 1 is 1.19 bits per heavy atom. The van der Waals surface area contributed by atoms with Gasteiger partial charge in [0.2, 0.25) is 5.78 Å². The van der Waals surface area contributed by atoms with Crippen LogP contribution in [0.25, 0.3) is 0 Å². The molecular formula is C24H31N3O4S. The number of hydrogen-bond acceptors (Lipinski definition) is 6. The van der Waals surface area contributed by atoms with E-state index in [0.29, 0.717) is 29.4 Å². The number of carboxylic acid groups (broad SMARTS) is 1. The van der Waals surface area contributed by atoms with Crippen molar-refractivity contribution in [1.82, 2.24) is 14.8 Å². The summed E-state index contributed by atoms with van der Waals surface area (Å²) >= 11 is 1.35. The molecule has 8 heteroatoms. The first-order valence-electron chi connectivity index (χ1n) is 11.1. The van der Waals surface area contributed by atoms with Crippen LogP contribution in [0.5, 0.6) is 0 Å². The maximum Gasteiger partial charge on any atom is 0.407 e.